The molecule has 6 heteroatoms. The van der Waals surface area contributed by atoms with Gasteiger partial charge in [0.1, 0.15) is 0 Å². The molecule has 2 heterocycles. The summed E-state index contributed by atoms with van der Waals surface area (Å²) in [5, 5.41) is 3.32. The molecule has 41 heavy (non-hydrogen) atoms. The van der Waals surface area contributed by atoms with Crippen molar-refractivity contribution in [2.45, 2.75) is 52.4 Å². The Hall–Kier alpha value is -2.64. The monoisotopic (exact) mass is 586 g/mol. The number of nitrogens with zero attached hydrogens (tertiary/aromatic N) is 1. The Balaban J connectivity index is 1.38. The molecule has 0 aliphatic carbocycles. The first-order valence-corrected chi connectivity index (χ1v) is 16.5. The molecule has 3 unspecified atom stereocenters. The number of carbonyl (C=O) groups excluding carboxylic acids is 2. The summed E-state index contributed by atoms with van der Waals surface area (Å²) in [7, 11) is 2.49. The van der Waals surface area contributed by atoms with Crippen LogP contribution < -0.4 is 5.32 Å². The summed E-state index contributed by atoms with van der Waals surface area (Å²) >= 11 is 0. The number of hydrogen-bond acceptors (Lipinski definition) is 4. The molecule has 0 amide bonds. The van der Waals surface area contributed by atoms with Gasteiger partial charge in [-0.25, -0.2) is 0 Å². The molecule has 1 N–H and O–H groups in total. The van der Waals surface area contributed by atoms with Crippen molar-refractivity contribution in [2.75, 3.05) is 25.8 Å². The second-order valence-corrected chi connectivity index (χ2v) is 12.9. The highest BCUT2D eigenvalue weighted by Gasteiger charge is 2.38. The van der Waals surface area contributed by atoms with Crippen LogP contribution in [0.3, 0.4) is 0 Å². The number of piperidine rings is 1. The molecular weight excluding hydrogens is 542 g/mol. The van der Waals surface area contributed by atoms with Gasteiger partial charge in [0.25, 0.3) is 0 Å². The summed E-state index contributed by atoms with van der Waals surface area (Å²) in [5.41, 5.74) is 7.02. The summed E-state index contributed by atoms with van der Waals surface area (Å²) in [6, 6.07) is 21.9. The molecule has 0 aromatic heterocycles. The highest BCUT2D eigenvalue weighted by atomic mass is 31.1. The van der Waals surface area contributed by atoms with E-state index in [4.69, 9.17) is 0 Å². The average molecular weight is 587 g/mol. The zero-order valence-corrected chi connectivity index (χ0v) is 27.0. The Bertz CT molecular complexity index is 1310. The number of hydrogen-bond donors (Lipinski definition) is 1. The minimum atomic E-state index is -0.325. The summed E-state index contributed by atoms with van der Waals surface area (Å²) in [4.78, 5) is 28.9. The molecule has 4 nitrogen and oxygen atoms in total. The van der Waals surface area contributed by atoms with Crippen LogP contribution in [-0.2, 0) is 15.0 Å². The van der Waals surface area contributed by atoms with Gasteiger partial charge in [0.15, 0.2) is 11.0 Å². The maximum Gasteiger partial charge on any atom is 0.179 e. The Labute approximate surface area is 250 Å². The third-order valence-corrected chi connectivity index (χ3v) is 10.1. The quantitative estimate of drug-likeness (QED) is 0.170. The molecule has 2 aliphatic heterocycles. The van der Waals surface area contributed by atoms with Gasteiger partial charge in [-0.1, -0.05) is 88.1 Å². The zero-order valence-electron chi connectivity index (χ0n) is 24.9. The van der Waals surface area contributed by atoms with Crippen LogP contribution in [0.25, 0.3) is 0 Å². The van der Waals surface area contributed by atoms with Crippen LogP contribution in [0.1, 0.15) is 58.1 Å². The normalized spacial score (nSPS) is 20.2. The smallest absolute Gasteiger partial charge is 0.179 e. The highest BCUT2D eigenvalue weighted by molar-refractivity contribution is 7.58. The molecule has 0 radical (unpaired) electrons. The van der Waals surface area contributed by atoms with Crippen LogP contribution in [0.4, 0.5) is 0 Å². The lowest BCUT2D eigenvalue weighted by Crippen LogP contribution is -2.43. The minimum Gasteiger partial charge on any atom is -0.362 e. The SMILES string of the molecule is C/C=C\C(=C/C)C1C(C(=O)P)=C(C)NC(C)=C1C(=O)PCCCN1CCC(c2ccccc2)(c2ccccc2)CC1. The second-order valence-electron chi connectivity index (χ2n) is 11.1. The molecule has 0 bridgehead atoms. The third-order valence-electron chi connectivity index (χ3n) is 8.60. The van der Waals surface area contributed by atoms with Crippen molar-refractivity contribution < 1.29 is 9.59 Å². The molecule has 1 fully saturated rings. The fraction of sp³-hybridized carbons (Fsp3) is 0.371. The van der Waals surface area contributed by atoms with Crippen LogP contribution in [0.15, 0.2) is 107 Å². The van der Waals surface area contributed by atoms with Crippen molar-refractivity contribution in [3.05, 3.63) is 118 Å². The van der Waals surface area contributed by atoms with E-state index in [1.165, 1.54) is 11.1 Å². The van der Waals surface area contributed by atoms with E-state index in [2.05, 4.69) is 80.1 Å². The van der Waals surface area contributed by atoms with Crippen LogP contribution in [-0.4, -0.2) is 41.7 Å². The third kappa shape index (κ3) is 7.06. The Morgan fingerprint density at radius 1 is 0.951 bits per heavy atom. The van der Waals surface area contributed by atoms with E-state index in [9.17, 15) is 9.59 Å². The summed E-state index contributed by atoms with van der Waals surface area (Å²) in [5.74, 6) is -0.325. The molecule has 3 atom stereocenters. The van der Waals surface area contributed by atoms with E-state index in [0.717, 1.165) is 67.6 Å². The Morgan fingerprint density at radius 2 is 1.51 bits per heavy atom. The first-order valence-electron chi connectivity index (χ1n) is 14.7. The Morgan fingerprint density at radius 3 is 2.02 bits per heavy atom. The van der Waals surface area contributed by atoms with Gasteiger partial charge in [0, 0.05) is 33.9 Å². The van der Waals surface area contributed by atoms with Gasteiger partial charge in [-0.2, -0.15) is 0 Å². The fourth-order valence-corrected chi connectivity index (χ4v) is 7.99. The number of nitrogens with one attached hydrogen (secondary N) is 1. The van der Waals surface area contributed by atoms with Crippen LogP contribution in [0, 0.1) is 5.92 Å². The van der Waals surface area contributed by atoms with Crippen molar-refractivity contribution in [2.24, 2.45) is 5.92 Å². The molecule has 2 aliphatic rings. The molecule has 0 spiro atoms. The predicted molar refractivity (Wildman–Crippen MR) is 177 cm³/mol. The number of carbonyl (C=O) groups is 2. The van der Waals surface area contributed by atoms with Crippen molar-refractivity contribution >= 4 is 28.9 Å². The number of allylic oxidation sites excluding steroid dienone is 8. The maximum absolute atomic E-state index is 13.7. The van der Waals surface area contributed by atoms with Crippen LogP contribution in [0.5, 0.6) is 0 Å². The van der Waals surface area contributed by atoms with Crippen molar-refractivity contribution in [3.63, 3.8) is 0 Å². The number of benzene rings is 2. The van der Waals surface area contributed by atoms with Crippen LogP contribution >= 0.6 is 17.8 Å². The van der Waals surface area contributed by atoms with Gasteiger partial charge < -0.3 is 10.2 Å². The second kappa shape index (κ2) is 14.5. The van der Waals surface area contributed by atoms with Crippen LogP contribution in [0.2, 0.25) is 0 Å². The van der Waals surface area contributed by atoms with E-state index >= 15 is 0 Å². The van der Waals surface area contributed by atoms with Gasteiger partial charge in [-0.05, 0) is 98.0 Å². The molecule has 1 saturated heterocycles. The summed E-state index contributed by atoms with van der Waals surface area (Å²) in [6.07, 6.45) is 10.0. The largest absolute Gasteiger partial charge is 0.362 e. The van der Waals surface area contributed by atoms with Gasteiger partial charge >= 0.3 is 0 Å². The first-order chi connectivity index (χ1) is 19.8. The van der Waals surface area contributed by atoms with E-state index in [1.807, 2.05) is 45.9 Å². The number of likely N-dealkylation sites (tertiary alicyclic amines) is 1. The van der Waals surface area contributed by atoms with E-state index in [1.54, 1.807) is 0 Å². The Kier molecular flexibility index (Phi) is 11.1. The highest BCUT2D eigenvalue weighted by Crippen LogP contribution is 2.42. The molecule has 216 valence electrons. The maximum atomic E-state index is 13.7. The molecule has 4 rings (SSSR count). The van der Waals surface area contributed by atoms with E-state index in [0.29, 0.717) is 5.57 Å². The lowest BCUT2D eigenvalue weighted by Gasteiger charge is -2.43. The predicted octanol–water partition coefficient (Wildman–Crippen LogP) is 7.36. The standard InChI is InChI=1S/C35H44N2O2P2/c1-5-14-27(6-2)32-30(33(38)40)25(3)36-26(4)31(32)34(39)41-24-13-21-37-22-19-35(20-23-37,28-15-9-7-10-16-28)29-17-11-8-12-18-29/h5-12,14-18,32,36,41H,13,19-24,40H2,1-4H3/b14-5-,27-6+. The lowest BCUT2D eigenvalue weighted by molar-refractivity contribution is -0.108. The molecule has 2 aromatic carbocycles. The lowest BCUT2D eigenvalue weighted by atomic mass is 9.68. The minimum absolute atomic E-state index is 0.0551. The van der Waals surface area contributed by atoms with Crippen molar-refractivity contribution in [3.8, 4) is 0 Å². The summed E-state index contributed by atoms with van der Waals surface area (Å²) < 4.78 is 0. The average Bonchev–Trinajstić information content (AvgIpc) is 2.98. The van der Waals surface area contributed by atoms with E-state index < -0.39 is 0 Å². The number of dihydropyridines is 1. The van der Waals surface area contributed by atoms with Gasteiger partial charge in [-0.15, -0.1) is 0 Å². The van der Waals surface area contributed by atoms with Gasteiger partial charge in [0.05, 0.1) is 0 Å². The van der Waals surface area contributed by atoms with Crippen molar-refractivity contribution in [1.29, 1.82) is 0 Å². The first kappa shape index (κ1) is 31.3. The fourth-order valence-electron chi connectivity index (χ4n) is 6.52. The zero-order chi connectivity index (χ0) is 29.4. The molecule has 2 aromatic rings. The van der Waals surface area contributed by atoms with E-state index in [-0.39, 0.29) is 31.0 Å². The molecular formula is C35H44N2O2P2. The number of rotatable bonds is 11. The topological polar surface area (TPSA) is 49.4 Å². The molecule has 0 saturated carbocycles. The van der Waals surface area contributed by atoms with Gasteiger partial charge in [0.2, 0.25) is 0 Å². The van der Waals surface area contributed by atoms with Crippen molar-refractivity contribution in [1.82, 2.24) is 10.2 Å². The summed E-state index contributed by atoms with van der Waals surface area (Å²) in [6.45, 7) is 10.9. The van der Waals surface area contributed by atoms with Gasteiger partial charge in [-0.3, -0.25) is 9.59 Å².